The van der Waals surface area contributed by atoms with Gasteiger partial charge in [0.15, 0.2) is 0 Å². The zero-order valence-corrected chi connectivity index (χ0v) is 23.1. The van der Waals surface area contributed by atoms with Crippen LogP contribution < -0.4 is 69.2 Å². The van der Waals surface area contributed by atoms with E-state index >= 15 is 0 Å². The lowest BCUT2D eigenvalue weighted by Crippen LogP contribution is -3.00. The topological polar surface area (TPSA) is 64.5 Å². The summed E-state index contributed by atoms with van der Waals surface area (Å²) in [5.74, 6) is 1.27. The summed E-state index contributed by atoms with van der Waals surface area (Å²) in [6.07, 6.45) is 0. The van der Waals surface area contributed by atoms with Crippen molar-refractivity contribution in [2.75, 3.05) is 38.0 Å². The average Bonchev–Trinajstić information content (AvgIpc) is 2.82. The van der Waals surface area contributed by atoms with Crippen LogP contribution in [0.25, 0.3) is 0 Å². The highest BCUT2D eigenvalue weighted by Gasteiger charge is 2.17. The molecule has 32 heavy (non-hydrogen) atoms. The van der Waals surface area contributed by atoms with Crippen LogP contribution in [0.3, 0.4) is 0 Å². The van der Waals surface area contributed by atoms with Gasteiger partial charge in [0.1, 0.15) is 22.7 Å². The van der Waals surface area contributed by atoms with Gasteiger partial charge in [-0.25, -0.2) is 19.0 Å². The second-order valence-electron chi connectivity index (χ2n) is 7.14. The summed E-state index contributed by atoms with van der Waals surface area (Å²) in [7, 11) is 7.82. The highest BCUT2D eigenvalue weighted by Crippen LogP contribution is 2.19. The van der Waals surface area contributed by atoms with E-state index in [2.05, 4.69) is 0 Å². The molecule has 3 rings (SSSR count). The number of nitrogens with zero attached hydrogens (tertiary/aromatic N) is 4. The average molecular weight is 656 g/mol. The molecule has 0 aliphatic rings. The maximum Gasteiger partial charge on any atom is 0.355 e. The minimum absolute atomic E-state index is 0. The van der Waals surface area contributed by atoms with Crippen molar-refractivity contribution in [3.8, 4) is 0 Å². The van der Waals surface area contributed by atoms with E-state index in [0.717, 1.165) is 22.7 Å². The lowest BCUT2D eigenvalue weighted by molar-refractivity contribution is -0.411. The van der Waals surface area contributed by atoms with E-state index < -0.39 is 0 Å². The first kappa shape index (κ1) is 27.7. The Balaban J connectivity index is 0.00000256. The van der Waals surface area contributed by atoms with Gasteiger partial charge in [0.2, 0.25) is 0 Å². The monoisotopic (exact) mass is 656 g/mol. The van der Waals surface area contributed by atoms with Gasteiger partial charge in [0, 0.05) is 0 Å². The van der Waals surface area contributed by atoms with Crippen LogP contribution in [0, 0.1) is 0 Å². The van der Waals surface area contributed by atoms with Gasteiger partial charge in [-0.05, 0) is 48.5 Å². The van der Waals surface area contributed by atoms with Crippen LogP contribution in [-0.4, -0.2) is 49.3 Å². The molecule has 3 aromatic carbocycles. The molecule has 0 bridgehead atoms. The molecule has 8 heteroatoms. The van der Waals surface area contributed by atoms with Crippen LogP contribution >= 0.6 is 0 Å². The highest BCUT2D eigenvalue weighted by molar-refractivity contribution is 5.92. The molecule has 0 fully saturated rings. The van der Waals surface area contributed by atoms with Crippen molar-refractivity contribution in [1.29, 1.82) is 0 Å². The molecule has 0 aromatic heterocycles. The zero-order valence-electron chi connectivity index (χ0n) is 18.8. The van der Waals surface area contributed by atoms with Crippen molar-refractivity contribution < 1.29 is 57.1 Å². The third kappa shape index (κ3) is 6.35. The van der Waals surface area contributed by atoms with Crippen LogP contribution in [-0.2, 0) is 0 Å². The fraction of sp³-hybridized carbons (Fsp3) is 0.167. The summed E-state index contributed by atoms with van der Waals surface area (Å²) < 4.78 is 3.92. The molecular weight excluding hydrogens is 626 g/mol. The Bertz CT molecular complexity index is 964. The molecule has 4 N–H and O–H groups in total. The van der Waals surface area contributed by atoms with Crippen LogP contribution in [0.1, 0.15) is 0 Å². The number of nitrogens with two attached hydrogens (primary N) is 2. The number of para-hydroxylation sites is 2. The Morgan fingerprint density at radius 2 is 0.844 bits per heavy atom. The maximum absolute atomic E-state index is 6.40. The van der Waals surface area contributed by atoms with Crippen molar-refractivity contribution in [2.24, 2.45) is 11.5 Å². The SMILES string of the molecule is CN(C(N)=[N+](C)c1ccc([N+](C)=C(N)N(C)c2ccccc2)cc1)c1ccccc1.[I-].[I-]. The predicted octanol–water partition coefficient (Wildman–Crippen LogP) is -2.86. The fourth-order valence-corrected chi connectivity index (χ4v) is 3.18. The van der Waals surface area contributed by atoms with Crippen LogP contribution in [0.15, 0.2) is 84.9 Å². The molecule has 0 aliphatic carbocycles. The van der Waals surface area contributed by atoms with Gasteiger partial charge in [0.05, 0.1) is 28.2 Å². The first-order chi connectivity index (χ1) is 14.4. The van der Waals surface area contributed by atoms with Gasteiger partial charge in [-0.2, -0.15) is 0 Å². The molecule has 3 aromatic rings. The number of halogens is 2. The number of anilines is 2. The van der Waals surface area contributed by atoms with Crippen molar-refractivity contribution >= 4 is 34.7 Å². The van der Waals surface area contributed by atoms with E-state index in [4.69, 9.17) is 11.5 Å². The molecule has 6 nitrogen and oxygen atoms in total. The van der Waals surface area contributed by atoms with Crippen molar-refractivity contribution in [1.82, 2.24) is 0 Å². The molecular formula is C24H30I2N6. The Morgan fingerprint density at radius 3 is 1.12 bits per heavy atom. The zero-order chi connectivity index (χ0) is 21.7. The molecule has 0 spiro atoms. The first-order valence-electron chi connectivity index (χ1n) is 9.80. The smallest absolute Gasteiger partial charge is 0.355 e. The predicted molar refractivity (Wildman–Crippen MR) is 126 cm³/mol. The quantitative estimate of drug-likeness (QED) is 0.138. The van der Waals surface area contributed by atoms with E-state index in [1.807, 2.05) is 132 Å². The largest absolute Gasteiger partial charge is 1.00 e. The first-order valence-corrected chi connectivity index (χ1v) is 9.80. The molecule has 0 atom stereocenters. The van der Waals surface area contributed by atoms with Gasteiger partial charge >= 0.3 is 11.9 Å². The third-order valence-corrected chi connectivity index (χ3v) is 5.29. The minimum atomic E-state index is 0. The number of hydrogen-bond donors (Lipinski definition) is 2. The maximum atomic E-state index is 6.40. The lowest BCUT2D eigenvalue weighted by atomic mass is 10.2. The summed E-state index contributed by atoms with van der Waals surface area (Å²) in [5, 5.41) is 0. The number of benzene rings is 3. The molecule has 0 amide bonds. The molecule has 170 valence electrons. The van der Waals surface area contributed by atoms with Crippen molar-refractivity contribution in [2.45, 2.75) is 0 Å². The Hall–Kier alpha value is -2.34. The summed E-state index contributed by atoms with van der Waals surface area (Å²) in [6, 6.07) is 28.2. The summed E-state index contributed by atoms with van der Waals surface area (Å²) in [5.41, 5.74) is 16.8. The highest BCUT2D eigenvalue weighted by atomic mass is 127. The fourth-order valence-electron chi connectivity index (χ4n) is 3.18. The third-order valence-electron chi connectivity index (χ3n) is 5.29. The van der Waals surface area contributed by atoms with Gasteiger partial charge in [-0.15, -0.1) is 0 Å². The van der Waals surface area contributed by atoms with Gasteiger partial charge < -0.3 is 48.0 Å². The number of guanidine groups is 2. The van der Waals surface area contributed by atoms with Crippen molar-refractivity contribution in [3.63, 3.8) is 0 Å². The molecule has 0 radical (unpaired) electrons. The molecule has 0 saturated heterocycles. The van der Waals surface area contributed by atoms with E-state index in [9.17, 15) is 0 Å². The summed E-state index contributed by atoms with van der Waals surface area (Å²) >= 11 is 0. The van der Waals surface area contributed by atoms with E-state index in [1.54, 1.807) is 0 Å². The van der Waals surface area contributed by atoms with Gasteiger partial charge in [0.25, 0.3) is 0 Å². The molecule has 0 aliphatic heterocycles. The minimum Gasteiger partial charge on any atom is -1.00 e. The van der Waals surface area contributed by atoms with Crippen LogP contribution in [0.4, 0.5) is 22.7 Å². The van der Waals surface area contributed by atoms with Crippen LogP contribution in [0.2, 0.25) is 0 Å². The number of rotatable bonds is 4. The second-order valence-corrected chi connectivity index (χ2v) is 7.14. The Kier molecular flexibility index (Phi) is 10.9. The van der Waals surface area contributed by atoms with Crippen molar-refractivity contribution in [3.05, 3.63) is 84.9 Å². The van der Waals surface area contributed by atoms with E-state index in [1.165, 1.54) is 0 Å². The van der Waals surface area contributed by atoms with Gasteiger partial charge in [-0.1, -0.05) is 36.4 Å². The van der Waals surface area contributed by atoms with E-state index in [0.29, 0.717) is 11.9 Å². The Morgan fingerprint density at radius 1 is 0.562 bits per heavy atom. The standard InChI is InChI=1S/C24H28N6.2HI/c1-27(19-11-7-5-8-12-19)23(25)29(3)21-15-17-22(18-16-21)30(4)24(26)28(2)20-13-9-6-10-14-20;;/h5-18,25-26H,1-4H3;2*1H. The molecule has 0 saturated carbocycles. The lowest BCUT2D eigenvalue weighted by Gasteiger charge is -2.16. The number of hydrogen-bond acceptors (Lipinski definition) is 0. The van der Waals surface area contributed by atoms with Gasteiger partial charge in [-0.3, -0.25) is 11.5 Å². The van der Waals surface area contributed by atoms with Crippen LogP contribution in [0.5, 0.6) is 0 Å². The second kappa shape index (κ2) is 12.6. The van der Waals surface area contributed by atoms with E-state index in [-0.39, 0.29) is 48.0 Å². The summed E-state index contributed by atoms with van der Waals surface area (Å²) in [6.45, 7) is 0. The molecule has 0 heterocycles. The summed E-state index contributed by atoms with van der Waals surface area (Å²) in [4.78, 5) is 3.92. The Labute approximate surface area is 224 Å². The normalized spacial score (nSPS) is 11.9. The molecule has 0 unspecified atom stereocenters.